The second kappa shape index (κ2) is 2.30. The molecule has 1 aromatic rings. The average molecular weight is 164 g/mol. The zero-order chi connectivity index (χ0) is 8.72. The van der Waals surface area contributed by atoms with E-state index in [1.165, 1.54) is 0 Å². The van der Waals surface area contributed by atoms with E-state index in [4.69, 9.17) is 5.73 Å². The molecule has 1 aliphatic heterocycles. The van der Waals surface area contributed by atoms with Gasteiger partial charge in [-0.2, -0.15) is 5.06 Å². The monoisotopic (exact) mass is 164 g/mol. The highest BCUT2D eigenvalue weighted by atomic mass is 16.5. The van der Waals surface area contributed by atoms with Gasteiger partial charge in [-0.3, -0.25) is 10.0 Å². The van der Waals surface area contributed by atoms with E-state index in [0.717, 1.165) is 0 Å². The molecule has 1 amide bonds. The van der Waals surface area contributed by atoms with Crippen LogP contribution in [-0.2, 0) is 4.79 Å². The molecule has 12 heavy (non-hydrogen) atoms. The normalized spacial score (nSPS) is 21.3. The molecule has 0 aromatic heterocycles. The maximum absolute atomic E-state index is 11.1. The number of para-hydroxylation sites is 1. The van der Waals surface area contributed by atoms with Gasteiger partial charge in [0.05, 0.1) is 5.69 Å². The standard InChI is InChI=1S/C8H8N2O2/c9-7-5-3-1-2-4-6(5)10(12)8(7)11/h1-4,7,12H,9H2/t7-/m1/s1. The fraction of sp³-hybridized carbons (Fsp3) is 0.125. The summed E-state index contributed by atoms with van der Waals surface area (Å²) in [5, 5.41) is 9.82. The summed E-state index contributed by atoms with van der Waals surface area (Å²) in [5.74, 6) is -0.476. The largest absolute Gasteiger partial charge is 0.316 e. The Balaban J connectivity index is 2.59. The number of hydroxylamine groups is 1. The van der Waals surface area contributed by atoms with Crippen molar-refractivity contribution >= 4 is 11.6 Å². The minimum atomic E-state index is -0.716. The second-order valence-electron chi connectivity index (χ2n) is 2.69. The van der Waals surface area contributed by atoms with E-state index in [-0.39, 0.29) is 0 Å². The summed E-state index contributed by atoms with van der Waals surface area (Å²) in [6, 6.07) is 6.19. The lowest BCUT2D eigenvalue weighted by molar-refractivity contribution is -0.123. The molecule has 1 aromatic carbocycles. The third-order valence-corrected chi connectivity index (χ3v) is 1.97. The number of anilines is 1. The summed E-state index contributed by atoms with van der Waals surface area (Å²) < 4.78 is 0. The zero-order valence-electron chi connectivity index (χ0n) is 6.27. The summed E-state index contributed by atoms with van der Waals surface area (Å²) in [7, 11) is 0. The molecule has 0 spiro atoms. The van der Waals surface area contributed by atoms with Crippen LogP contribution in [0.25, 0.3) is 0 Å². The highest BCUT2D eigenvalue weighted by Crippen LogP contribution is 2.32. The van der Waals surface area contributed by atoms with Gasteiger partial charge >= 0.3 is 0 Å². The van der Waals surface area contributed by atoms with Crippen LogP contribution in [0, 0.1) is 0 Å². The fourth-order valence-corrected chi connectivity index (χ4v) is 1.33. The molecule has 0 saturated carbocycles. The van der Waals surface area contributed by atoms with Crippen molar-refractivity contribution < 1.29 is 10.0 Å². The summed E-state index contributed by atoms with van der Waals surface area (Å²) >= 11 is 0. The Hall–Kier alpha value is -1.39. The maximum atomic E-state index is 11.1. The Bertz CT molecular complexity index is 307. The van der Waals surface area contributed by atoms with Crippen LogP contribution < -0.4 is 10.8 Å². The zero-order valence-corrected chi connectivity index (χ0v) is 6.27. The average Bonchev–Trinajstić information content (AvgIpc) is 2.33. The molecule has 0 unspecified atom stereocenters. The Morgan fingerprint density at radius 3 is 2.75 bits per heavy atom. The Morgan fingerprint density at radius 1 is 1.42 bits per heavy atom. The van der Waals surface area contributed by atoms with Crippen LogP contribution in [0.3, 0.4) is 0 Å². The van der Waals surface area contributed by atoms with Crippen molar-refractivity contribution in [3.8, 4) is 0 Å². The third-order valence-electron chi connectivity index (χ3n) is 1.97. The molecule has 4 heteroatoms. The fourth-order valence-electron chi connectivity index (χ4n) is 1.33. The molecule has 1 atom stereocenters. The molecular weight excluding hydrogens is 156 g/mol. The smallest absolute Gasteiger partial charge is 0.272 e. The number of carbonyl (C=O) groups excluding carboxylic acids is 1. The van der Waals surface area contributed by atoms with Crippen molar-refractivity contribution in [1.82, 2.24) is 0 Å². The van der Waals surface area contributed by atoms with Crippen LogP contribution in [0.1, 0.15) is 11.6 Å². The topological polar surface area (TPSA) is 66.6 Å². The number of hydrogen-bond acceptors (Lipinski definition) is 3. The highest BCUT2D eigenvalue weighted by molar-refractivity contribution is 6.02. The molecule has 4 nitrogen and oxygen atoms in total. The van der Waals surface area contributed by atoms with E-state index in [9.17, 15) is 10.0 Å². The molecule has 0 bridgehead atoms. The number of benzene rings is 1. The van der Waals surface area contributed by atoms with Crippen molar-refractivity contribution in [2.24, 2.45) is 5.73 Å². The molecular formula is C8H8N2O2. The summed E-state index contributed by atoms with van der Waals surface area (Å²) in [4.78, 5) is 11.1. The molecule has 1 aliphatic rings. The lowest BCUT2D eigenvalue weighted by Gasteiger charge is -2.05. The third kappa shape index (κ3) is 0.760. The first-order valence-corrected chi connectivity index (χ1v) is 3.59. The molecule has 0 radical (unpaired) electrons. The Morgan fingerprint density at radius 2 is 2.08 bits per heavy atom. The van der Waals surface area contributed by atoms with Gasteiger partial charge in [-0.1, -0.05) is 18.2 Å². The first kappa shape index (κ1) is 7.27. The van der Waals surface area contributed by atoms with Crippen LogP contribution in [-0.4, -0.2) is 11.1 Å². The Labute approximate surface area is 69.2 Å². The van der Waals surface area contributed by atoms with Gasteiger partial charge in [-0.05, 0) is 6.07 Å². The minimum Gasteiger partial charge on any atom is -0.316 e. The van der Waals surface area contributed by atoms with Crippen molar-refractivity contribution in [3.63, 3.8) is 0 Å². The number of hydrogen-bond donors (Lipinski definition) is 2. The van der Waals surface area contributed by atoms with E-state index >= 15 is 0 Å². The first-order chi connectivity index (χ1) is 5.72. The van der Waals surface area contributed by atoms with Crippen molar-refractivity contribution in [2.75, 3.05) is 5.06 Å². The van der Waals surface area contributed by atoms with E-state index in [2.05, 4.69) is 0 Å². The molecule has 2 rings (SSSR count). The lowest BCUT2D eigenvalue weighted by atomic mass is 10.1. The SMILES string of the molecule is N[C@H]1C(=O)N(O)c2ccccc21. The van der Waals surface area contributed by atoms with Gasteiger partial charge in [-0.15, -0.1) is 0 Å². The van der Waals surface area contributed by atoms with Crippen molar-refractivity contribution in [1.29, 1.82) is 0 Å². The number of fused-ring (bicyclic) bond motifs is 1. The van der Waals surface area contributed by atoms with E-state index in [0.29, 0.717) is 16.3 Å². The Kier molecular flexibility index (Phi) is 1.39. The van der Waals surface area contributed by atoms with E-state index in [1.54, 1.807) is 24.3 Å². The second-order valence-corrected chi connectivity index (χ2v) is 2.69. The molecule has 3 N–H and O–H groups in total. The van der Waals surface area contributed by atoms with Crippen LogP contribution in [0.2, 0.25) is 0 Å². The summed E-state index contributed by atoms with van der Waals surface area (Å²) in [6.07, 6.45) is 0. The predicted molar refractivity (Wildman–Crippen MR) is 42.6 cm³/mol. The van der Waals surface area contributed by atoms with E-state index < -0.39 is 11.9 Å². The van der Waals surface area contributed by atoms with E-state index in [1.807, 2.05) is 0 Å². The lowest BCUT2D eigenvalue weighted by Crippen LogP contribution is -2.28. The van der Waals surface area contributed by atoms with Crippen LogP contribution in [0.15, 0.2) is 24.3 Å². The highest BCUT2D eigenvalue weighted by Gasteiger charge is 2.33. The summed E-state index contributed by atoms with van der Waals surface area (Å²) in [6.45, 7) is 0. The molecule has 0 fully saturated rings. The van der Waals surface area contributed by atoms with Gasteiger partial charge in [0.25, 0.3) is 5.91 Å². The van der Waals surface area contributed by atoms with Crippen LogP contribution in [0.5, 0.6) is 0 Å². The molecule has 62 valence electrons. The van der Waals surface area contributed by atoms with Gasteiger partial charge in [-0.25, -0.2) is 0 Å². The van der Waals surface area contributed by atoms with Crippen LogP contribution in [0.4, 0.5) is 5.69 Å². The molecule has 0 saturated heterocycles. The predicted octanol–water partition coefficient (Wildman–Crippen LogP) is 0.422. The molecule has 1 heterocycles. The first-order valence-electron chi connectivity index (χ1n) is 3.59. The van der Waals surface area contributed by atoms with Crippen molar-refractivity contribution in [3.05, 3.63) is 29.8 Å². The summed E-state index contributed by atoms with van der Waals surface area (Å²) in [5.41, 5.74) is 6.68. The number of nitrogens with two attached hydrogens (primary N) is 1. The van der Waals surface area contributed by atoms with Gasteiger partial charge in [0, 0.05) is 5.56 Å². The number of nitrogens with zero attached hydrogens (tertiary/aromatic N) is 1. The maximum Gasteiger partial charge on any atom is 0.272 e. The number of amides is 1. The number of rotatable bonds is 0. The minimum absolute atomic E-state index is 0.476. The quantitative estimate of drug-likeness (QED) is 0.546. The number of carbonyl (C=O) groups is 1. The van der Waals surface area contributed by atoms with Gasteiger partial charge in [0.15, 0.2) is 0 Å². The van der Waals surface area contributed by atoms with Gasteiger partial charge in [0.1, 0.15) is 6.04 Å². The van der Waals surface area contributed by atoms with Crippen LogP contribution >= 0.6 is 0 Å². The molecule has 0 aliphatic carbocycles. The van der Waals surface area contributed by atoms with Crippen molar-refractivity contribution in [2.45, 2.75) is 6.04 Å². The van der Waals surface area contributed by atoms with Gasteiger partial charge < -0.3 is 5.73 Å². The van der Waals surface area contributed by atoms with Gasteiger partial charge in [0.2, 0.25) is 0 Å².